The summed E-state index contributed by atoms with van der Waals surface area (Å²) in [5, 5.41) is 0.663. The number of hydrogen-bond donors (Lipinski definition) is 0. The monoisotopic (exact) mass is 499 g/mol. The first kappa shape index (κ1) is 23.4. The summed E-state index contributed by atoms with van der Waals surface area (Å²) in [4.78, 5) is 20.3. The zero-order chi connectivity index (χ0) is 23.7. The number of hydrogen-bond acceptors (Lipinski definition) is 6. The first-order valence-corrected chi connectivity index (χ1v) is 14.0. The first-order chi connectivity index (χ1) is 16.5. The number of methoxy groups -OCH3 is 1. The van der Waals surface area contributed by atoms with E-state index in [-0.39, 0.29) is 11.8 Å². The van der Waals surface area contributed by atoms with E-state index < -0.39 is 10.0 Å². The van der Waals surface area contributed by atoms with Crippen molar-refractivity contribution in [1.29, 1.82) is 0 Å². The molecule has 1 aromatic heterocycles. The van der Waals surface area contributed by atoms with E-state index >= 15 is 0 Å². The minimum Gasteiger partial charge on any atom is -0.383 e. The average molecular weight is 500 g/mol. The predicted molar refractivity (Wildman–Crippen MR) is 134 cm³/mol. The Morgan fingerprint density at radius 1 is 1.15 bits per heavy atom. The van der Waals surface area contributed by atoms with Crippen LogP contribution in [-0.4, -0.2) is 57.0 Å². The molecule has 0 N–H and O–H groups in total. The first-order valence-electron chi connectivity index (χ1n) is 11.8. The smallest absolute Gasteiger partial charge is 0.243 e. The van der Waals surface area contributed by atoms with Gasteiger partial charge in [-0.05, 0) is 67.5 Å². The van der Waals surface area contributed by atoms with Crippen LogP contribution in [0.3, 0.4) is 0 Å². The van der Waals surface area contributed by atoms with Crippen molar-refractivity contribution < 1.29 is 17.9 Å². The number of sulfonamides is 1. The molecule has 2 aliphatic rings. The second kappa shape index (κ2) is 9.73. The van der Waals surface area contributed by atoms with Crippen LogP contribution in [0.1, 0.15) is 30.4 Å². The molecule has 34 heavy (non-hydrogen) atoms. The van der Waals surface area contributed by atoms with Gasteiger partial charge in [-0.1, -0.05) is 29.5 Å². The molecule has 2 heterocycles. The van der Waals surface area contributed by atoms with Gasteiger partial charge in [0.2, 0.25) is 15.9 Å². The zero-order valence-corrected chi connectivity index (χ0v) is 20.9. The SMILES string of the molecule is COCCN(C(=O)C1CCN(S(=O)(=O)c2ccc3c(c2)CCC3)CC1)c1nc2ccccc2s1. The van der Waals surface area contributed by atoms with Crippen molar-refractivity contribution in [2.75, 3.05) is 38.3 Å². The van der Waals surface area contributed by atoms with Gasteiger partial charge in [0.05, 0.1) is 28.3 Å². The molecule has 1 aliphatic carbocycles. The number of anilines is 1. The van der Waals surface area contributed by atoms with E-state index in [9.17, 15) is 13.2 Å². The number of carbonyl (C=O) groups excluding carboxylic acids is 1. The molecule has 0 bridgehead atoms. The molecule has 0 radical (unpaired) electrons. The Morgan fingerprint density at radius 2 is 1.91 bits per heavy atom. The number of fused-ring (bicyclic) bond motifs is 2. The number of nitrogens with zero attached hydrogens (tertiary/aromatic N) is 3. The van der Waals surface area contributed by atoms with Crippen LogP contribution in [0, 0.1) is 5.92 Å². The number of aromatic nitrogens is 1. The molecule has 1 saturated heterocycles. The van der Waals surface area contributed by atoms with E-state index in [1.165, 1.54) is 21.2 Å². The highest BCUT2D eigenvalue weighted by molar-refractivity contribution is 7.89. The second-order valence-corrected chi connectivity index (χ2v) is 11.9. The number of amides is 1. The van der Waals surface area contributed by atoms with Gasteiger partial charge in [0.25, 0.3) is 0 Å². The van der Waals surface area contributed by atoms with Crippen molar-refractivity contribution in [2.24, 2.45) is 5.92 Å². The predicted octanol–water partition coefficient (Wildman–Crippen LogP) is 3.87. The minimum atomic E-state index is -3.56. The third-order valence-electron chi connectivity index (χ3n) is 6.81. The standard InChI is InChI=1S/C25H29N3O4S2/c1-32-16-15-28(25-26-22-7-2-3-8-23(22)33-25)24(29)19-11-13-27(14-12-19)34(30,31)21-10-9-18-5-4-6-20(18)17-21/h2-3,7-10,17,19H,4-6,11-16H2,1H3. The lowest BCUT2D eigenvalue weighted by atomic mass is 9.96. The fraction of sp³-hybridized carbons (Fsp3) is 0.440. The molecule has 0 saturated carbocycles. The summed E-state index contributed by atoms with van der Waals surface area (Å²) in [6, 6.07) is 13.4. The molecule has 1 amide bonds. The molecule has 3 aromatic rings. The van der Waals surface area contributed by atoms with Gasteiger partial charge in [0, 0.05) is 26.1 Å². The Balaban J connectivity index is 1.30. The summed E-state index contributed by atoms with van der Waals surface area (Å²) >= 11 is 1.49. The summed E-state index contributed by atoms with van der Waals surface area (Å²) in [5.74, 6) is -0.249. The molecule has 0 atom stereocenters. The van der Waals surface area contributed by atoms with Crippen LogP contribution in [0.2, 0.25) is 0 Å². The number of rotatable bonds is 7. The Kier molecular flexibility index (Phi) is 6.70. The van der Waals surface area contributed by atoms with Crippen molar-refractivity contribution >= 4 is 42.6 Å². The van der Waals surface area contributed by atoms with Crippen LogP contribution >= 0.6 is 11.3 Å². The van der Waals surface area contributed by atoms with Crippen LogP contribution in [0.15, 0.2) is 47.4 Å². The highest BCUT2D eigenvalue weighted by atomic mass is 32.2. The maximum atomic E-state index is 13.5. The molecule has 0 spiro atoms. The summed E-state index contributed by atoms with van der Waals surface area (Å²) in [5.41, 5.74) is 3.28. The van der Waals surface area contributed by atoms with Gasteiger partial charge in [-0.25, -0.2) is 13.4 Å². The van der Waals surface area contributed by atoms with E-state index in [1.54, 1.807) is 18.1 Å². The van der Waals surface area contributed by atoms with Crippen LogP contribution in [-0.2, 0) is 32.4 Å². The Hall–Kier alpha value is -2.33. The zero-order valence-electron chi connectivity index (χ0n) is 19.3. The molecule has 2 aromatic carbocycles. The summed E-state index contributed by atoms with van der Waals surface area (Å²) in [6.07, 6.45) is 4.05. The lowest BCUT2D eigenvalue weighted by Crippen LogP contribution is -2.45. The highest BCUT2D eigenvalue weighted by Gasteiger charge is 2.35. The fourth-order valence-electron chi connectivity index (χ4n) is 4.88. The van der Waals surface area contributed by atoms with E-state index in [0.29, 0.717) is 49.1 Å². The number of benzene rings is 2. The molecule has 0 unspecified atom stereocenters. The lowest BCUT2D eigenvalue weighted by Gasteiger charge is -2.33. The Labute approximate surface area is 204 Å². The average Bonchev–Trinajstić information content (AvgIpc) is 3.50. The van der Waals surface area contributed by atoms with Crippen LogP contribution in [0.5, 0.6) is 0 Å². The highest BCUT2D eigenvalue weighted by Crippen LogP contribution is 2.32. The van der Waals surface area contributed by atoms with Crippen molar-refractivity contribution in [3.63, 3.8) is 0 Å². The van der Waals surface area contributed by atoms with Gasteiger partial charge in [-0.2, -0.15) is 4.31 Å². The van der Waals surface area contributed by atoms with Gasteiger partial charge in [-0.15, -0.1) is 0 Å². The largest absolute Gasteiger partial charge is 0.383 e. The third kappa shape index (κ3) is 4.49. The van der Waals surface area contributed by atoms with Crippen molar-refractivity contribution in [2.45, 2.75) is 37.0 Å². The van der Waals surface area contributed by atoms with E-state index in [4.69, 9.17) is 4.74 Å². The van der Waals surface area contributed by atoms with E-state index in [2.05, 4.69) is 4.98 Å². The molecule has 1 fully saturated rings. The number of thiazole rings is 1. The Bertz CT molecular complexity index is 1260. The van der Waals surface area contributed by atoms with Crippen molar-refractivity contribution in [3.05, 3.63) is 53.6 Å². The summed E-state index contributed by atoms with van der Waals surface area (Å²) in [7, 11) is -1.94. The van der Waals surface area contributed by atoms with Gasteiger partial charge in [0.15, 0.2) is 5.13 Å². The minimum absolute atomic E-state index is 0.00863. The van der Waals surface area contributed by atoms with Gasteiger partial charge in [0.1, 0.15) is 0 Å². The summed E-state index contributed by atoms with van der Waals surface area (Å²) in [6.45, 7) is 1.51. The Morgan fingerprint density at radius 3 is 2.68 bits per heavy atom. The molecule has 7 nitrogen and oxygen atoms in total. The third-order valence-corrected chi connectivity index (χ3v) is 9.76. The molecule has 180 valence electrons. The second-order valence-electron chi connectivity index (χ2n) is 8.91. The lowest BCUT2D eigenvalue weighted by molar-refractivity contribution is -0.123. The maximum Gasteiger partial charge on any atom is 0.243 e. The molecular weight excluding hydrogens is 470 g/mol. The topological polar surface area (TPSA) is 79.8 Å². The van der Waals surface area contributed by atoms with Crippen LogP contribution < -0.4 is 4.90 Å². The molecule has 5 rings (SSSR count). The molecular formula is C25H29N3O4S2. The number of ether oxygens (including phenoxy) is 1. The van der Waals surface area contributed by atoms with Crippen molar-refractivity contribution in [1.82, 2.24) is 9.29 Å². The van der Waals surface area contributed by atoms with Crippen molar-refractivity contribution in [3.8, 4) is 0 Å². The normalized spacial score (nSPS) is 17.2. The fourth-order valence-corrected chi connectivity index (χ4v) is 7.40. The number of piperidine rings is 1. The van der Waals surface area contributed by atoms with Gasteiger partial charge < -0.3 is 4.74 Å². The maximum absolute atomic E-state index is 13.5. The van der Waals surface area contributed by atoms with Crippen LogP contribution in [0.4, 0.5) is 5.13 Å². The molecule has 9 heteroatoms. The van der Waals surface area contributed by atoms with E-state index in [0.717, 1.165) is 35.0 Å². The number of carbonyl (C=O) groups is 1. The number of para-hydroxylation sites is 1. The molecule has 1 aliphatic heterocycles. The van der Waals surface area contributed by atoms with Gasteiger partial charge in [-0.3, -0.25) is 9.69 Å². The summed E-state index contributed by atoms with van der Waals surface area (Å²) < 4.78 is 34.3. The van der Waals surface area contributed by atoms with Gasteiger partial charge >= 0.3 is 0 Å². The quantitative estimate of drug-likeness (QED) is 0.493. The van der Waals surface area contributed by atoms with E-state index in [1.807, 2.05) is 36.4 Å². The van der Waals surface area contributed by atoms with Crippen LogP contribution in [0.25, 0.3) is 10.2 Å². The number of aryl methyl sites for hydroxylation is 2.